The third-order valence-corrected chi connectivity index (χ3v) is 5.44. The highest BCUT2D eigenvalue weighted by molar-refractivity contribution is 7.99. The van der Waals surface area contributed by atoms with Gasteiger partial charge in [-0.2, -0.15) is 11.8 Å². The zero-order valence-electron chi connectivity index (χ0n) is 10.8. The van der Waals surface area contributed by atoms with E-state index in [-0.39, 0.29) is 0 Å². The van der Waals surface area contributed by atoms with Crippen molar-refractivity contribution in [1.82, 2.24) is 9.55 Å². The molecule has 0 amide bonds. The molecule has 0 spiro atoms. The average molecular weight is 266 g/mol. The van der Waals surface area contributed by atoms with E-state index in [1.165, 1.54) is 35.9 Å². The molecular weight excluding hydrogens is 244 g/mol. The van der Waals surface area contributed by atoms with E-state index in [1.54, 1.807) is 0 Å². The molecule has 1 aromatic heterocycles. The first kappa shape index (κ1) is 12.5. The Hall–Kier alpha value is -0.480. The van der Waals surface area contributed by atoms with Crippen LogP contribution in [0.4, 0.5) is 0 Å². The summed E-state index contributed by atoms with van der Waals surface area (Å²) in [6, 6.07) is 0. The number of hydrogen-bond acceptors (Lipinski definition) is 3. The zero-order valence-corrected chi connectivity index (χ0v) is 11.7. The normalized spacial score (nSPS) is 28.1. The Morgan fingerprint density at radius 3 is 3.11 bits per heavy atom. The maximum atomic E-state index is 9.25. The summed E-state index contributed by atoms with van der Waals surface area (Å²) >= 11 is 2.09. The molecule has 2 aliphatic heterocycles. The molecule has 3 nitrogen and oxygen atoms in total. The van der Waals surface area contributed by atoms with Crippen molar-refractivity contribution in [3.8, 4) is 0 Å². The fourth-order valence-electron chi connectivity index (χ4n) is 3.09. The first-order valence-electron chi connectivity index (χ1n) is 7.08. The van der Waals surface area contributed by atoms with Crippen molar-refractivity contribution < 1.29 is 5.11 Å². The lowest BCUT2D eigenvalue weighted by Gasteiger charge is -2.21. The molecule has 0 aromatic carbocycles. The molecule has 0 bridgehead atoms. The fraction of sp³-hybridized carbons (Fsp3) is 0.786. The fourth-order valence-corrected chi connectivity index (χ4v) is 4.24. The third-order valence-electron chi connectivity index (χ3n) is 4.15. The van der Waals surface area contributed by atoms with E-state index >= 15 is 0 Å². The van der Waals surface area contributed by atoms with E-state index in [9.17, 15) is 5.11 Å². The van der Waals surface area contributed by atoms with Crippen LogP contribution in [0.1, 0.15) is 30.8 Å². The standard InChI is InChI=1S/C14H22N2OS/c17-9-12-3-4-14-15-13(8-16(14)7-12)6-11-2-1-5-18-10-11/h8,11-12,17H,1-7,9-10H2. The van der Waals surface area contributed by atoms with Crippen LogP contribution >= 0.6 is 11.8 Å². The molecule has 3 rings (SSSR count). The van der Waals surface area contributed by atoms with Crippen LogP contribution in [-0.2, 0) is 19.4 Å². The molecule has 18 heavy (non-hydrogen) atoms. The predicted molar refractivity (Wildman–Crippen MR) is 74.9 cm³/mol. The number of aliphatic hydroxyl groups is 1. The smallest absolute Gasteiger partial charge is 0.108 e. The highest BCUT2D eigenvalue weighted by Crippen LogP contribution is 2.26. The highest BCUT2D eigenvalue weighted by atomic mass is 32.2. The first-order valence-corrected chi connectivity index (χ1v) is 8.24. The number of nitrogens with zero attached hydrogens (tertiary/aromatic N) is 2. The molecule has 0 saturated carbocycles. The molecule has 2 unspecified atom stereocenters. The molecule has 1 N–H and O–H groups in total. The van der Waals surface area contributed by atoms with Gasteiger partial charge in [-0.05, 0) is 43.1 Å². The maximum Gasteiger partial charge on any atom is 0.108 e. The van der Waals surface area contributed by atoms with E-state index in [2.05, 4.69) is 22.5 Å². The number of aliphatic hydroxyl groups excluding tert-OH is 1. The molecule has 2 atom stereocenters. The van der Waals surface area contributed by atoms with Crippen LogP contribution in [0.25, 0.3) is 0 Å². The SMILES string of the molecule is OCC1CCc2nc(CC3CCCSC3)cn2C1. The Morgan fingerprint density at radius 2 is 2.33 bits per heavy atom. The van der Waals surface area contributed by atoms with Crippen LogP contribution in [0.3, 0.4) is 0 Å². The van der Waals surface area contributed by atoms with Crippen molar-refractivity contribution in [3.05, 3.63) is 17.7 Å². The molecule has 3 heterocycles. The molecule has 1 aromatic rings. The Balaban J connectivity index is 1.65. The highest BCUT2D eigenvalue weighted by Gasteiger charge is 2.21. The van der Waals surface area contributed by atoms with Crippen LogP contribution in [-0.4, -0.2) is 32.8 Å². The summed E-state index contributed by atoms with van der Waals surface area (Å²) < 4.78 is 2.27. The third kappa shape index (κ3) is 2.75. The molecular formula is C14H22N2OS. The van der Waals surface area contributed by atoms with Crippen LogP contribution in [0, 0.1) is 11.8 Å². The van der Waals surface area contributed by atoms with Gasteiger partial charge in [-0.3, -0.25) is 0 Å². The summed E-state index contributed by atoms with van der Waals surface area (Å²) in [5.74, 6) is 5.15. The summed E-state index contributed by atoms with van der Waals surface area (Å²) in [6.45, 7) is 1.27. The lowest BCUT2D eigenvalue weighted by Crippen LogP contribution is -2.22. The molecule has 1 saturated heterocycles. The van der Waals surface area contributed by atoms with Gasteiger partial charge < -0.3 is 9.67 Å². The van der Waals surface area contributed by atoms with E-state index < -0.39 is 0 Å². The summed E-state index contributed by atoms with van der Waals surface area (Å²) in [5.41, 5.74) is 1.27. The Kier molecular flexibility index (Phi) is 3.94. The number of hydrogen-bond donors (Lipinski definition) is 1. The number of rotatable bonds is 3. The van der Waals surface area contributed by atoms with Gasteiger partial charge in [-0.25, -0.2) is 4.98 Å². The minimum Gasteiger partial charge on any atom is -0.396 e. The quantitative estimate of drug-likeness (QED) is 0.910. The Bertz CT molecular complexity index is 398. The number of imidazole rings is 1. The van der Waals surface area contributed by atoms with Crippen molar-refractivity contribution in [2.45, 2.75) is 38.6 Å². The molecule has 2 aliphatic rings. The van der Waals surface area contributed by atoms with Crippen molar-refractivity contribution in [3.63, 3.8) is 0 Å². The van der Waals surface area contributed by atoms with Gasteiger partial charge in [0.05, 0.1) is 5.69 Å². The van der Waals surface area contributed by atoms with Gasteiger partial charge in [-0.15, -0.1) is 0 Å². The molecule has 100 valence electrons. The van der Waals surface area contributed by atoms with Gasteiger partial charge in [0.25, 0.3) is 0 Å². The Labute approximate surface area is 113 Å². The van der Waals surface area contributed by atoms with Crippen molar-refractivity contribution in [1.29, 1.82) is 0 Å². The van der Waals surface area contributed by atoms with Gasteiger partial charge in [0, 0.05) is 31.7 Å². The summed E-state index contributed by atoms with van der Waals surface area (Å²) in [6.07, 6.45) is 8.24. The molecule has 0 aliphatic carbocycles. The van der Waals surface area contributed by atoms with Gasteiger partial charge in [0.2, 0.25) is 0 Å². The van der Waals surface area contributed by atoms with Crippen molar-refractivity contribution in [2.24, 2.45) is 11.8 Å². The second-order valence-electron chi connectivity index (χ2n) is 5.68. The number of aromatic nitrogens is 2. The monoisotopic (exact) mass is 266 g/mol. The topological polar surface area (TPSA) is 38.1 Å². The van der Waals surface area contributed by atoms with E-state index in [1.807, 2.05) is 0 Å². The molecule has 1 fully saturated rings. The van der Waals surface area contributed by atoms with Gasteiger partial charge >= 0.3 is 0 Å². The van der Waals surface area contributed by atoms with Crippen LogP contribution in [0.15, 0.2) is 6.20 Å². The lowest BCUT2D eigenvalue weighted by molar-refractivity contribution is 0.190. The predicted octanol–water partition coefficient (Wildman–Crippen LogP) is 2.12. The average Bonchev–Trinajstić information content (AvgIpc) is 2.80. The second kappa shape index (κ2) is 5.66. The molecule has 0 radical (unpaired) electrons. The second-order valence-corrected chi connectivity index (χ2v) is 6.83. The number of thioether (sulfide) groups is 1. The van der Waals surface area contributed by atoms with Crippen LogP contribution in [0.2, 0.25) is 0 Å². The maximum absolute atomic E-state index is 9.25. The van der Waals surface area contributed by atoms with Gasteiger partial charge in [0.1, 0.15) is 5.82 Å². The summed E-state index contributed by atoms with van der Waals surface area (Å²) in [5, 5.41) is 9.25. The van der Waals surface area contributed by atoms with E-state index in [4.69, 9.17) is 4.98 Å². The summed E-state index contributed by atoms with van der Waals surface area (Å²) in [7, 11) is 0. The zero-order chi connectivity index (χ0) is 12.4. The first-order chi connectivity index (χ1) is 8.85. The van der Waals surface area contributed by atoms with Crippen molar-refractivity contribution in [2.75, 3.05) is 18.1 Å². The van der Waals surface area contributed by atoms with E-state index in [0.29, 0.717) is 12.5 Å². The lowest BCUT2D eigenvalue weighted by atomic mass is 10.00. The van der Waals surface area contributed by atoms with E-state index in [0.717, 1.165) is 31.7 Å². The summed E-state index contributed by atoms with van der Waals surface area (Å²) in [4.78, 5) is 4.79. The number of aryl methyl sites for hydroxylation is 1. The minimum atomic E-state index is 0.312. The number of fused-ring (bicyclic) bond motifs is 1. The van der Waals surface area contributed by atoms with Gasteiger partial charge in [0.15, 0.2) is 0 Å². The van der Waals surface area contributed by atoms with Crippen molar-refractivity contribution >= 4 is 11.8 Å². The van der Waals surface area contributed by atoms with Crippen LogP contribution < -0.4 is 0 Å². The van der Waals surface area contributed by atoms with Crippen LogP contribution in [0.5, 0.6) is 0 Å². The Morgan fingerprint density at radius 1 is 1.39 bits per heavy atom. The molecule has 4 heteroatoms. The largest absolute Gasteiger partial charge is 0.396 e. The van der Waals surface area contributed by atoms with Gasteiger partial charge in [-0.1, -0.05) is 0 Å². The minimum absolute atomic E-state index is 0.312.